The Bertz CT molecular complexity index is 685. The molecule has 6 nitrogen and oxygen atoms in total. The van der Waals surface area contributed by atoms with Crippen molar-refractivity contribution in [2.45, 2.75) is 39.7 Å². The van der Waals surface area contributed by atoms with Gasteiger partial charge in [-0.3, -0.25) is 9.59 Å². The SMILES string of the molecule is COc1cc(I)c(C(=O)N2CCC(C(=O)NC(C)C(C)C)CC2)cc1OC. The first-order valence-electron chi connectivity index (χ1n) is 9.29. The number of piperidine rings is 1. The highest BCUT2D eigenvalue weighted by atomic mass is 127. The Labute approximate surface area is 175 Å². The lowest BCUT2D eigenvalue weighted by Crippen LogP contribution is -2.45. The molecule has 1 aromatic carbocycles. The van der Waals surface area contributed by atoms with Crippen LogP contribution in [0.5, 0.6) is 11.5 Å². The normalized spacial score (nSPS) is 16.2. The number of benzene rings is 1. The van der Waals surface area contributed by atoms with Crippen LogP contribution in [0.15, 0.2) is 12.1 Å². The average Bonchev–Trinajstić information content (AvgIpc) is 2.67. The maximum atomic E-state index is 13.0. The van der Waals surface area contributed by atoms with Crippen LogP contribution < -0.4 is 14.8 Å². The van der Waals surface area contributed by atoms with Crippen molar-refractivity contribution in [3.8, 4) is 11.5 Å². The van der Waals surface area contributed by atoms with Gasteiger partial charge in [-0.15, -0.1) is 0 Å². The minimum absolute atomic E-state index is 0.0280. The monoisotopic (exact) mass is 488 g/mol. The summed E-state index contributed by atoms with van der Waals surface area (Å²) in [6.45, 7) is 7.38. The maximum absolute atomic E-state index is 13.0. The zero-order chi connectivity index (χ0) is 20.1. The van der Waals surface area contributed by atoms with Crippen molar-refractivity contribution in [3.63, 3.8) is 0 Å². The van der Waals surface area contributed by atoms with Gasteiger partial charge in [0, 0.05) is 28.6 Å². The van der Waals surface area contributed by atoms with Crippen LogP contribution in [-0.2, 0) is 4.79 Å². The molecule has 150 valence electrons. The lowest BCUT2D eigenvalue weighted by molar-refractivity contribution is -0.127. The summed E-state index contributed by atoms with van der Waals surface area (Å²) < 4.78 is 11.4. The van der Waals surface area contributed by atoms with Crippen LogP contribution in [0.1, 0.15) is 44.0 Å². The third-order valence-electron chi connectivity index (χ3n) is 5.23. The van der Waals surface area contributed by atoms with Crippen LogP contribution in [0.2, 0.25) is 0 Å². The van der Waals surface area contributed by atoms with E-state index >= 15 is 0 Å². The molecule has 2 rings (SSSR count). The molecule has 1 heterocycles. The van der Waals surface area contributed by atoms with Gasteiger partial charge in [0.2, 0.25) is 5.91 Å². The fourth-order valence-corrected chi connectivity index (χ4v) is 3.71. The number of hydrogen-bond donors (Lipinski definition) is 1. The number of amides is 2. The number of carbonyl (C=O) groups is 2. The first-order valence-corrected chi connectivity index (χ1v) is 10.4. The van der Waals surface area contributed by atoms with E-state index in [0.717, 1.165) is 3.57 Å². The van der Waals surface area contributed by atoms with Crippen LogP contribution in [0.25, 0.3) is 0 Å². The number of rotatable bonds is 6. The molecule has 0 saturated carbocycles. The van der Waals surface area contributed by atoms with Gasteiger partial charge in [-0.25, -0.2) is 0 Å². The number of nitrogens with one attached hydrogen (secondary N) is 1. The molecule has 0 bridgehead atoms. The predicted molar refractivity (Wildman–Crippen MR) is 113 cm³/mol. The second kappa shape index (κ2) is 9.61. The zero-order valence-corrected chi connectivity index (χ0v) is 18.8. The van der Waals surface area contributed by atoms with Crippen molar-refractivity contribution < 1.29 is 19.1 Å². The Hall–Kier alpha value is -1.51. The summed E-state index contributed by atoms with van der Waals surface area (Å²) in [5.74, 6) is 1.59. The number of hydrogen-bond acceptors (Lipinski definition) is 4. The quantitative estimate of drug-likeness (QED) is 0.625. The summed E-state index contributed by atoms with van der Waals surface area (Å²) in [5.41, 5.74) is 0.601. The summed E-state index contributed by atoms with van der Waals surface area (Å²) >= 11 is 2.14. The van der Waals surface area contributed by atoms with Crippen molar-refractivity contribution in [1.29, 1.82) is 0 Å². The first-order chi connectivity index (χ1) is 12.8. The third-order valence-corrected chi connectivity index (χ3v) is 6.12. The molecule has 27 heavy (non-hydrogen) atoms. The number of likely N-dealkylation sites (tertiary alicyclic amines) is 1. The molecule has 1 fully saturated rings. The fraction of sp³-hybridized carbons (Fsp3) is 0.600. The van der Waals surface area contributed by atoms with Crippen LogP contribution in [0.3, 0.4) is 0 Å². The first kappa shape index (κ1) is 21.8. The van der Waals surface area contributed by atoms with E-state index in [1.54, 1.807) is 26.4 Å². The highest BCUT2D eigenvalue weighted by Gasteiger charge is 2.29. The van der Waals surface area contributed by atoms with E-state index in [-0.39, 0.29) is 23.8 Å². The highest BCUT2D eigenvalue weighted by Crippen LogP contribution is 2.32. The largest absolute Gasteiger partial charge is 0.493 e. The molecule has 1 unspecified atom stereocenters. The van der Waals surface area contributed by atoms with Gasteiger partial charge in [-0.2, -0.15) is 0 Å². The Morgan fingerprint density at radius 1 is 1.11 bits per heavy atom. The fourth-order valence-electron chi connectivity index (χ4n) is 3.04. The summed E-state index contributed by atoms with van der Waals surface area (Å²) in [5, 5.41) is 3.09. The number of ether oxygens (including phenoxy) is 2. The summed E-state index contributed by atoms with van der Waals surface area (Å²) in [6, 6.07) is 3.69. The van der Waals surface area contributed by atoms with Crippen molar-refractivity contribution in [3.05, 3.63) is 21.3 Å². The molecule has 0 aromatic heterocycles. The molecular weight excluding hydrogens is 459 g/mol. The Morgan fingerprint density at radius 3 is 2.19 bits per heavy atom. The highest BCUT2D eigenvalue weighted by molar-refractivity contribution is 14.1. The van der Waals surface area contributed by atoms with E-state index in [1.807, 2.05) is 11.8 Å². The molecule has 2 amide bonds. The Morgan fingerprint density at radius 2 is 1.67 bits per heavy atom. The van der Waals surface area contributed by atoms with Gasteiger partial charge in [0.25, 0.3) is 5.91 Å². The van der Waals surface area contributed by atoms with E-state index in [4.69, 9.17) is 9.47 Å². The smallest absolute Gasteiger partial charge is 0.255 e. The molecule has 1 N–H and O–H groups in total. The second-order valence-corrected chi connectivity index (χ2v) is 8.46. The van der Waals surface area contributed by atoms with Crippen LogP contribution >= 0.6 is 22.6 Å². The van der Waals surface area contributed by atoms with Crippen molar-refractivity contribution in [2.75, 3.05) is 27.3 Å². The molecule has 1 aromatic rings. The van der Waals surface area contributed by atoms with Gasteiger partial charge in [0.1, 0.15) is 0 Å². The second-order valence-electron chi connectivity index (χ2n) is 7.29. The topological polar surface area (TPSA) is 67.9 Å². The van der Waals surface area contributed by atoms with Gasteiger partial charge in [-0.05, 0) is 60.4 Å². The van der Waals surface area contributed by atoms with E-state index in [2.05, 4.69) is 41.8 Å². The molecule has 1 saturated heterocycles. The predicted octanol–water partition coefficient (Wildman–Crippen LogP) is 3.32. The van der Waals surface area contributed by atoms with Crippen molar-refractivity contribution >= 4 is 34.4 Å². The van der Waals surface area contributed by atoms with Crippen LogP contribution in [-0.4, -0.2) is 50.1 Å². The zero-order valence-electron chi connectivity index (χ0n) is 16.7. The van der Waals surface area contributed by atoms with E-state index in [1.165, 1.54) is 0 Å². The number of nitrogens with zero attached hydrogens (tertiary/aromatic N) is 1. The lowest BCUT2D eigenvalue weighted by Gasteiger charge is -2.32. The third kappa shape index (κ3) is 5.27. The molecule has 0 radical (unpaired) electrons. The number of carbonyl (C=O) groups excluding carboxylic acids is 2. The maximum Gasteiger partial charge on any atom is 0.255 e. The molecule has 1 aliphatic heterocycles. The van der Waals surface area contributed by atoms with Gasteiger partial charge < -0.3 is 19.7 Å². The number of halogens is 1. The molecule has 0 aliphatic carbocycles. The van der Waals surface area contributed by atoms with Gasteiger partial charge in [0.05, 0.1) is 19.8 Å². The summed E-state index contributed by atoms with van der Waals surface area (Å²) in [7, 11) is 3.13. The Kier molecular flexibility index (Phi) is 7.76. The molecule has 1 atom stereocenters. The Balaban J connectivity index is 2.02. The van der Waals surface area contributed by atoms with E-state index < -0.39 is 0 Å². The minimum atomic E-state index is -0.0326. The molecule has 7 heteroatoms. The standard InChI is InChI=1S/C20H29IN2O4/c1-12(2)13(3)22-19(24)14-6-8-23(9-7-14)20(25)15-10-17(26-4)18(27-5)11-16(15)21/h10-14H,6-9H2,1-5H3,(H,22,24). The van der Waals surface area contributed by atoms with Gasteiger partial charge in [0.15, 0.2) is 11.5 Å². The molecule has 0 spiro atoms. The average molecular weight is 488 g/mol. The molecule has 1 aliphatic rings. The lowest BCUT2D eigenvalue weighted by atomic mass is 9.94. The van der Waals surface area contributed by atoms with Gasteiger partial charge >= 0.3 is 0 Å². The van der Waals surface area contributed by atoms with Crippen LogP contribution in [0, 0.1) is 15.4 Å². The number of methoxy groups -OCH3 is 2. The van der Waals surface area contributed by atoms with Crippen molar-refractivity contribution in [2.24, 2.45) is 11.8 Å². The van der Waals surface area contributed by atoms with E-state index in [9.17, 15) is 9.59 Å². The molecular formula is C20H29IN2O4. The summed E-state index contributed by atoms with van der Waals surface area (Å²) in [4.78, 5) is 27.2. The minimum Gasteiger partial charge on any atom is -0.493 e. The van der Waals surface area contributed by atoms with Crippen molar-refractivity contribution in [1.82, 2.24) is 10.2 Å². The van der Waals surface area contributed by atoms with Crippen LogP contribution in [0.4, 0.5) is 0 Å². The van der Waals surface area contributed by atoms with Gasteiger partial charge in [-0.1, -0.05) is 13.8 Å². The van der Waals surface area contributed by atoms with E-state index in [0.29, 0.717) is 48.9 Å². The summed E-state index contributed by atoms with van der Waals surface area (Å²) in [6.07, 6.45) is 1.37.